The fourth-order valence-corrected chi connectivity index (χ4v) is 11.8. The van der Waals surface area contributed by atoms with Crippen molar-refractivity contribution in [2.45, 2.75) is 0 Å². The van der Waals surface area contributed by atoms with E-state index < -0.39 is 0 Å². The SMILES string of the molecule is [B]c1c([B])c(-c2c([B])c([B])c3c([B])c([B])c4c([B])c([B])c([B])c5c([B])c([B])c2c3c45)c([B])c([B])c1-c1c([B])c(-c2c([B])c([B])c3c([B])c([B])c4c([B])c([B])c([B])c5c([B])c([B])c2c3c45)c([B])c2c([B])c([B])c([B])c([B])c12. The molecular weight excluding hydrogens is 879 g/mol. The van der Waals surface area contributed by atoms with Crippen molar-refractivity contribution in [2.75, 3.05) is 0 Å². The van der Waals surface area contributed by atoms with Crippen LogP contribution in [0.3, 0.4) is 0 Å². The molecule has 76 heavy (non-hydrogen) atoms. The maximum atomic E-state index is 7.48. The lowest BCUT2D eigenvalue weighted by atomic mass is 9.55. The van der Waals surface area contributed by atoms with Crippen LogP contribution in [0, 0.1) is 0 Å². The Hall–Kier alpha value is -4.42. The van der Waals surface area contributed by atoms with Crippen molar-refractivity contribution in [1.29, 1.82) is 0 Å². The zero-order valence-electron chi connectivity index (χ0n) is 40.2. The fraction of sp³-hybridized carbons (Fsp3) is 0. The van der Waals surface area contributed by atoms with Gasteiger partial charge in [-0.05, 0) is 109 Å². The van der Waals surface area contributed by atoms with E-state index in [0.29, 0.717) is 10.8 Å². The molecule has 11 aromatic rings. The van der Waals surface area contributed by atoms with E-state index in [1.807, 2.05) is 0 Å². The van der Waals surface area contributed by atoms with Crippen LogP contribution in [0.15, 0.2) is 0 Å². The smallest absolute Gasteiger partial charge is 0.110 e. The minimum absolute atomic E-state index is 0.00229. The topological polar surface area (TPSA) is 0 Å². The highest BCUT2D eigenvalue weighted by Gasteiger charge is 2.31. The zero-order valence-corrected chi connectivity index (χ0v) is 40.2. The Kier molecular flexibility index (Phi) is 12.4. The standard InChI is InChI=1S/C48B28/c49-21-7(19-36(64)38(66)20(39(67)37(19)65)9-6-2-4-14(31(59)24(6)52)41(69)46(74)43(71)16(4)35(63)33(61)12(2)29(57)26(9)54)10-18(44(72)48(76)47(75)27(10)55)22(50)17(21)8-5-1-3-13(30(58)23(5)51)40(68)45(73)42(70)15(3)34(62)32(60)11(1)28(56)25(8)53. The van der Waals surface area contributed by atoms with Crippen LogP contribution in [-0.2, 0) is 0 Å². The lowest BCUT2D eigenvalue weighted by molar-refractivity contribution is 1.82. The monoisotopic (exact) mass is 884 g/mol. The molecule has 0 saturated carbocycles. The molecule has 0 heterocycles. The van der Waals surface area contributed by atoms with Gasteiger partial charge in [-0.2, -0.15) is 0 Å². The predicted molar refractivity (Wildman–Crippen MR) is 359 cm³/mol. The molecule has 0 fully saturated rings. The van der Waals surface area contributed by atoms with E-state index in [-0.39, 0.29) is 251 Å². The Morgan fingerprint density at radius 2 is 0.211 bits per heavy atom. The number of hydrogen-bond acceptors (Lipinski definition) is 0. The van der Waals surface area contributed by atoms with Crippen molar-refractivity contribution in [3.63, 3.8) is 0 Å². The second kappa shape index (κ2) is 17.5. The third kappa shape index (κ3) is 6.32. The van der Waals surface area contributed by atoms with Crippen molar-refractivity contribution < 1.29 is 0 Å². The van der Waals surface area contributed by atoms with E-state index in [1.165, 1.54) is 0 Å². The molecule has 0 saturated heterocycles. The first-order valence-corrected chi connectivity index (χ1v) is 22.6. The summed E-state index contributed by atoms with van der Waals surface area (Å²) in [4.78, 5) is 0. The highest BCUT2D eigenvalue weighted by molar-refractivity contribution is 6.79. The normalized spacial score (nSPS) is 12.1. The summed E-state index contributed by atoms with van der Waals surface area (Å²) in [5.41, 5.74) is -3.12. The van der Waals surface area contributed by atoms with E-state index in [4.69, 9.17) is 220 Å². The number of fused-ring (bicyclic) bond motifs is 1. The maximum absolute atomic E-state index is 7.48. The third-order valence-electron chi connectivity index (χ3n) is 15.6. The van der Waals surface area contributed by atoms with Gasteiger partial charge in [0.25, 0.3) is 0 Å². The Balaban J connectivity index is 1.34. The molecule has 56 radical (unpaired) electrons. The summed E-state index contributed by atoms with van der Waals surface area (Å²) in [5.74, 6) is 0. The highest BCUT2D eigenvalue weighted by Crippen LogP contribution is 2.36. The van der Waals surface area contributed by atoms with Crippen molar-refractivity contribution in [3.05, 3.63) is 0 Å². The summed E-state index contributed by atoms with van der Waals surface area (Å²) in [5, 5.41) is 2.59. The van der Waals surface area contributed by atoms with E-state index in [1.54, 1.807) is 0 Å². The molecule has 276 valence electrons. The molecule has 0 aliphatic carbocycles. The van der Waals surface area contributed by atoms with Crippen LogP contribution in [0.2, 0.25) is 0 Å². The van der Waals surface area contributed by atoms with Crippen molar-refractivity contribution in [3.8, 4) is 33.4 Å². The summed E-state index contributed by atoms with van der Waals surface area (Å²) in [6, 6.07) is 0. The number of hydrogen-bond donors (Lipinski definition) is 0. The molecule has 0 aliphatic heterocycles. The van der Waals surface area contributed by atoms with Gasteiger partial charge in [-0.15, -0.1) is 21.9 Å². The second-order valence-electron chi connectivity index (χ2n) is 19.1. The van der Waals surface area contributed by atoms with Gasteiger partial charge in [-0.3, -0.25) is 0 Å². The molecule has 0 atom stereocenters. The number of rotatable bonds is 3. The molecular formula is C48B28. The molecule has 11 rings (SSSR count). The van der Waals surface area contributed by atoms with Gasteiger partial charge in [-0.1, -0.05) is 131 Å². The van der Waals surface area contributed by atoms with Gasteiger partial charge in [0.1, 0.15) is 220 Å². The Morgan fingerprint density at radius 1 is 0.0789 bits per heavy atom. The van der Waals surface area contributed by atoms with Crippen LogP contribution >= 0.6 is 0 Å². The highest BCUT2D eigenvalue weighted by atomic mass is 14.3. The average Bonchev–Trinajstić information content (AvgIpc) is 3.39. The molecule has 0 aliphatic rings. The molecule has 0 bridgehead atoms. The summed E-state index contributed by atoms with van der Waals surface area (Å²) in [7, 11) is 193. The molecule has 11 aromatic carbocycles. The van der Waals surface area contributed by atoms with Crippen LogP contribution in [-0.4, -0.2) is 220 Å². The minimum Gasteiger partial charge on any atom is -0.110 e. The molecule has 0 N–H and O–H groups in total. The minimum atomic E-state index is -0.266. The van der Waals surface area contributed by atoms with Crippen molar-refractivity contribution >= 4 is 448 Å². The molecule has 28 heteroatoms. The van der Waals surface area contributed by atoms with E-state index in [9.17, 15) is 0 Å². The first-order chi connectivity index (χ1) is 35.5. The van der Waals surface area contributed by atoms with Crippen LogP contribution in [0.5, 0.6) is 0 Å². The predicted octanol–water partition coefficient (Wildman–Crippen LogP) is -20.1. The molecule has 0 amide bonds. The third-order valence-corrected chi connectivity index (χ3v) is 15.6. The maximum Gasteiger partial charge on any atom is 0.115 e. The van der Waals surface area contributed by atoms with E-state index >= 15 is 0 Å². The zero-order chi connectivity index (χ0) is 55.7. The number of benzene rings is 11. The Labute approximate surface area is 478 Å². The second-order valence-corrected chi connectivity index (χ2v) is 19.1. The average molecular weight is 879 g/mol. The van der Waals surface area contributed by atoms with Crippen LogP contribution < -0.4 is 153 Å². The van der Waals surface area contributed by atoms with Gasteiger partial charge in [0.2, 0.25) is 0 Å². The fourth-order valence-electron chi connectivity index (χ4n) is 11.8. The lowest BCUT2D eigenvalue weighted by Crippen LogP contribution is -2.51. The Bertz CT molecular complexity index is 4580. The van der Waals surface area contributed by atoms with Crippen LogP contribution in [0.25, 0.3) is 109 Å². The molecule has 0 spiro atoms. The molecule has 0 nitrogen and oxygen atoms in total. The van der Waals surface area contributed by atoms with E-state index in [0.717, 1.165) is 0 Å². The van der Waals surface area contributed by atoms with Gasteiger partial charge < -0.3 is 0 Å². The van der Waals surface area contributed by atoms with Gasteiger partial charge >= 0.3 is 0 Å². The largest absolute Gasteiger partial charge is 0.115 e. The van der Waals surface area contributed by atoms with E-state index in [2.05, 4.69) is 0 Å². The molecule has 0 aromatic heterocycles. The van der Waals surface area contributed by atoms with Crippen LogP contribution in [0.4, 0.5) is 0 Å². The summed E-state index contributed by atoms with van der Waals surface area (Å²) in [6.07, 6.45) is 0. The van der Waals surface area contributed by atoms with Crippen molar-refractivity contribution in [2.24, 2.45) is 0 Å². The van der Waals surface area contributed by atoms with Crippen molar-refractivity contribution in [1.82, 2.24) is 0 Å². The summed E-state index contributed by atoms with van der Waals surface area (Å²) >= 11 is 0. The van der Waals surface area contributed by atoms with Gasteiger partial charge in [0.05, 0.1) is 0 Å². The lowest BCUT2D eigenvalue weighted by Gasteiger charge is -2.34. The van der Waals surface area contributed by atoms with Gasteiger partial charge in [0.15, 0.2) is 0 Å². The van der Waals surface area contributed by atoms with Gasteiger partial charge in [-0.25, -0.2) is 0 Å². The molecule has 0 unspecified atom stereocenters. The van der Waals surface area contributed by atoms with Crippen LogP contribution in [0.1, 0.15) is 0 Å². The summed E-state index contributed by atoms with van der Waals surface area (Å²) in [6.45, 7) is 0. The quantitative estimate of drug-likeness (QED) is 0.123. The Morgan fingerprint density at radius 3 is 0.487 bits per heavy atom. The first-order valence-electron chi connectivity index (χ1n) is 22.6. The first kappa shape index (κ1) is 53.6. The van der Waals surface area contributed by atoms with Gasteiger partial charge in [0, 0.05) is 0 Å². The summed E-state index contributed by atoms with van der Waals surface area (Å²) < 4.78 is 0.